The minimum Gasteiger partial charge on any atom is -0.486 e. The van der Waals surface area contributed by atoms with E-state index in [1.807, 2.05) is 0 Å². The summed E-state index contributed by atoms with van der Waals surface area (Å²) in [5.41, 5.74) is 1.81. The molecule has 0 aliphatic carbocycles. The maximum absolute atomic E-state index is 12.6. The van der Waals surface area contributed by atoms with Crippen LogP contribution in [0.5, 0.6) is 11.5 Å². The lowest BCUT2D eigenvalue weighted by Crippen LogP contribution is -2.18. The van der Waals surface area contributed by atoms with Crippen LogP contribution < -0.4 is 14.2 Å². The van der Waals surface area contributed by atoms with Crippen molar-refractivity contribution in [3.8, 4) is 11.5 Å². The number of rotatable bonds is 3. The molecule has 1 aliphatic rings. The molecule has 6 nitrogen and oxygen atoms in total. The zero-order valence-corrected chi connectivity index (χ0v) is 13.1. The normalized spacial score (nSPS) is 13.7. The van der Waals surface area contributed by atoms with E-state index >= 15 is 0 Å². The lowest BCUT2D eigenvalue weighted by atomic mass is 10.2. The minimum absolute atomic E-state index is 0.172. The Morgan fingerprint density at radius 3 is 2.45 bits per heavy atom. The predicted octanol–water partition coefficient (Wildman–Crippen LogP) is 2.27. The molecule has 0 atom stereocenters. The van der Waals surface area contributed by atoms with Crippen molar-refractivity contribution >= 4 is 15.7 Å². The number of nitrogens with zero attached hydrogens (tertiary/aromatic N) is 1. The van der Waals surface area contributed by atoms with Crippen LogP contribution in [0, 0.1) is 13.8 Å². The number of ether oxygens (including phenoxy) is 2. The summed E-state index contributed by atoms with van der Waals surface area (Å²) in [5.74, 6) is 1.02. The number of fused-ring (bicyclic) bond motifs is 1. The van der Waals surface area contributed by atoms with E-state index in [0.717, 1.165) is 5.69 Å². The van der Waals surface area contributed by atoms with E-state index in [4.69, 9.17) is 9.47 Å². The average molecular weight is 320 g/mol. The largest absolute Gasteiger partial charge is 0.486 e. The molecule has 2 aromatic rings. The van der Waals surface area contributed by atoms with Gasteiger partial charge in [-0.25, -0.2) is 8.42 Å². The molecule has 0 unspecified atom stereocenters. The second-order valence-corrected chi connectivity index (χ2v) is 6.70. The summed E-state index contributed by atoms with van der Waals surface area (Å²) in [5, 5.41) is 0. The molecule has 0 radical (unpaired) electrons. The predicted molar refractivity (Wildman–Crippen MR) is 82.0 cm³/mol. The molecule has 1 aromatic carbocycles. The minimum atomic E-state index is -3.71. The lowest BCUT2D eigenvalue weighted by Gasteiger charge is -2.20. The molecule has 0 fully saturated rings. The molecule has 22 heavy (non-hydrogen) atoms. The highest BCUT2D eigenvalue weighted by atomic mass is 32.2. The molecule has 1 N–H and O–H groups in total. The second kappa shape index (κ2) is 5.49. The maximum atomic E-state index is 12.6. The number of benzene rings is 1. The van der Waals surface area contributed by atoms with Gasteiger partial charge in [-0.2, -0.15) is 0 Å². The first-order valence-electron chi connectivity index (χ1n) is 6.81. The third-order valence-corrected chi connectivity index (χ3v) is 4.80. The number of nitrogens with one attached hydrogen (secondary N) is 1. The molecule has 3 rings (SSSR count). The van der Waals surface area contributed by atoms with Crippen LogP contribution in [0.15, 0.2) is 35.4 Å². The molecular formula is C15H16N2O4S. The van der Waals surface area contributed by atoms with Crippen LogP contribution in [-0.4, -0.2) is 26.6 Å². The topological polar surface area (TPSA) is 77.5 Å². The van der Waals surface area contributed by atoms with Gasteiger partial charge in [0, 0.05) is 18.0 Å². The molecule has 0 bridgehead atoms. The van der Waals surface area contributed by atoms with Gasteiger partial charge in [0.1, 0.15) is 13.2 Å². The van der Waals surface area contributed by atoms with E-state index < -0.39 is 10.0 Å². The van der Waals surface area contributed by atoms with Gasteiger partial charge in [-0.1, -0.05) is 0 Å². The summed E-state index contributed by atoms with van der Waals surface area (Å²) in [7, 11) is -3.71. The molecule has 2 heterocycles. The van der Waals surface area contributed by atoms with Crippen LogP contribution >= 0.6 is 0 Å². The summed E-state index contributed by atoms with van der Waals surface area (Å²) in [4.78, 5) is 4.22. The maximum Gasteiger partial charge on any atom is 0.262 e. The zero-order valence-electron chi connectivity index (χ0n) is 12.3. The number of anilines is 1. The molecule has 116 valence electrons. The van der Waals surface area contributed by atoms with Crippen molar-refractivity contribution in [1.82, 2.24) is 4.98 Å². The van der Waals surface area contributed by atoms with Crippen molar-refractivity contribution in [1.29, 1.82) is 0 Å². The van der Waals surface area contributed by atoms with E-state index in [0.29, 0.717) is 36.0 Å². The van der Waals surface area contributed by atoms with E-state index in [9.17, 15) is 8.42 Å². The van der Waals surface area contributed by atoms with Gasteiger partial charge in [-0.3, -0.25) is 9.71 Å². The Morgan fingerprint density at radius 1 is 1.09 bits per heavy atom. The Kier molecular flexibility index (Phi) is 3.66. The highest BCUT2D eigenvalue weighted by molar-refractivity contribution is 7.92. The van der Waals surface area contributed by atoms with E-state index in [1.165, 1.54) is 6.07 Å². The van der Waals surface area contributed by atoms with Crippen molar-refractivity contribution in [3.63, 3.8) is 0 Å². The van der Waals surface area contributed by atoms with Crippen molar-refractivity contribution in [2.24, 2.45) is 0 Å². The molecule has 7 heteroatoms. The number of hydrogen-bond acceptors (Lipinski definition) is 5. The first kappa shape index (κ1) is 14.6. The van der Waals surface area contributed by atoms with E-state index in [-0.39, 0.29) is 4.90 Å². The van der Waals surface area contributed by atoms with Gasteiger partial charge in [-0.15, -0.1) is 0 Å². The SMILES string of the molecule is Cc1cc(NS(=O)(=O)c2cc3c(cc2C)OCCO3)ccn1. The van der Waals surface area contributed by atoms with E-state index in [2.05, 4.69) is 9.71 Å². The Morgan fingerprint density at radius 2 is 1.77 bits per heavy atom. The fraction of sp³-hybridized carbons (Fsp3) is 0.267. The Bertz CT molecular complexity index is 818. The third kappa shape index (κ3) is 2.85. The number of sulfonamides is 1. The molecule has 1 aromatic heterocycles. The summed E-state index contributed by atoms with van der Waals surface area (Å²) >= 11 is 0. The Labute approximate surface area is 129 Å². The molecule has 0 amide bonds. The van der Waals surface area contributed by atoms with Crippen molar-refractivity contribution in [2.75, 3.05) is 17.9 Å². The van der Waals surface area contributed by atoms with Crippen molar-refractivity contribution in [2.45, 2.75) is 18.7 Å². The number of pyridine rings is 1. The van der Waals surface area contributed by atoms with Gasteiger partial charge in [0.2, 0.25) is 0 Å². The number of hydrogen-bond donors (Lipinski definition) is 1. The third-order valence-electron chi connectivity index (χ3n) is 3.28. The summed E-state index contributed by atoms with van der Waals surface area (Å²) < 4.78 is 38.7. The van der Waals surface area contributed by atoms with Gasteiger partial charge >= 0.3 is 0 Å². The van der Waals surface area contributed by atoms with Gasteiger partial charge in [0.05, 0.1) is 10.6 Å². The summed E-state index contributed by atoms with van der Waals surface area (Å²) in [6.07, 6.45) is 1.56. The average Bonchev–Trinajstić information content (AvgIpc) is 2.46. The van der Waals surface area contributed by atoms with Gasteiger partial charge < -0.3 is 9.47 Å². The fourth-order valence-electron chi connectivity index (χ4n) is 2.28. The van der Waals surface area contributed by atoms with Crippen LogP contribution in [0.3, 0.4) is 0 Å². The zero-order chi connectivity index (χ0) is 15.7. The van der Waals surface area contributed by atoms with Crippen LogP contribution in [0.2, 0.25) is 0 Å². The van der Waals surface area contributed by atoms with Crippen molar-refractivity contribution in [3.05, 3.63) is 41.7 Å². The van der Waals surface area contributed by atoms with Crippen LogP contribution in [-0.2, 0) is 10.0 Å². The monoisotopic (exact) mass is 320 g/mol. The number of aromatic nitrogens is 1. The smallest absolute Gasteiger partial charge is 0.262 e. The Hall–Kier alpha value is -2.28. The first-order valence-corrected chi connectivity index (χ1v) is 8.30. The fourth-order valence-corrected chi connectivity index (χ4v) is 3.57. The molecule has 0 saturated heterocycles. The highest BCUT2D eigenvalue weighted by Crippen LogP contribution is 2.35. The van der Waals surface area contributed by atoms with Crippen LogP contribution in [0.4, 0.5) is 5.69 Å². The van der Waals surface area contributed by atoms with Gasteiger partial charge in [0.25, 0.3) is 10.0 Å². The van der Waals surface area contributed by atoms with Crippen molar-refractivity contribution < 1.29 is 17.9 Å². The lowest BCUT2D eigenvalue weighted by molar-refractivity contribution is 0.171. The quantitative estimate of drug-likeness (QED) is 0.938. The Balaban J connectivity index is 1.98. The van der Waals surface area contributed by atoms with Crippen LogP contribution in [0.25, 0.3) is 0 Å². The van der Waals surface area contributed by atoms with Crippen LogP contribution in [0.1, 0.15) is 11.3 Å². The highest BCUT2D eigenvalue weighted by Gasteiger charge is 2.22. The molecular weight excluding hydrogens is 304 g/mol. The van der Waals surface area contributed by atoms with Gasteiger partial charge in [0.15, 0.2) is 11.5 Å². The van der Waals surface area contributed by atoms with Gasteiger partial charge in [-0.05, 0) is 37.6 Å². The second-order valence-electron chi connectivity index (χ2n) is 5.05. The van der Waals surface area contributed by atoms with E-state index in [1.54, 1.807) is 38.2 Å². The summed E-state index contributed by atoms with van der Waals surface area (Å²) in [6.45, 7) is 4.40. The molecule has 1 aliphatic heterocycles. The number of aryl methyl sites for hydroxylation is 2. The standard InChI is InChI=1S/C15H16N2O4S/c1-10-7-13-14(21-6-5-20-13)9-15(10)22(18,19)17-12-3-4-16-11(2)8-12/h3-4,7-9H,5-6H2,1-2H3,(H,16,17). The molecule has 0 spiro atoms. The molecule has 0 saturated carbocycles. The summed E-state index contributed by atoms with van der Waals surface area (Å²) in [6, 6.07) is 6.46. The first-order chi connectivity index (χ1) is 10.5.